The van der Waals surface area contributed by atoms with Crippen molar-refractivity contribution in [2.45, 2.75) is 83.1 Å². The van der Waals surface area contributed by atoms with E-state index >= 15 is 0 Å². The molecule has 5 rings (SSSR count). The average Bonchev–Trinajstić information content (AvgIpc) is 3.16. The van der Waals surface area contributed by atoms with E-state index < -0.39 is 77.4 Å². The lowest BCUT2D eigenvalue weighted by molar-refractivity contribution is -0.311. The lowest BCUT2D eigenvalue weighted by Gasteiger charge is -2.63. The smallest absolute Gasteiger partial charge is 0.338 e. The molecular weight excluding hydrogens is 556 g/mol. The Morgan fingerprint density at radius 2 is 1.37 bits per heavy atom. The van der Waals surface area contributed by atoms with Gasteiger partial charge in [-0.25, -0.2) is 9.59 Å². The Kier molecular flexibility index (Phi) is 8.13. The van der Waals surface area contributed by atoms with Crippen LogP contribution in [0.2, 0.25) is 0 Å². The molecule has 2 aliphatic carbocycles. The highest BCUT2D eigenvalue weighted by Gasteiger charge is 2.83. The van der Waals surface area contributed by atoms with Crippen LogP contribution in [0, 0.1) is 17.3 Å². The van der Waals surface area contributed by atoms with Crippen LogP contribution in [-0.4, -0.2) is 71.2 Å². The minimum Gasteiger partial charge on any atom is -0.465 e. The first-order chi connectivity index (χ1) is 20.3. The molecule has 1 heterocycles. The van der Waals surface area contributed by atoms with Crippen molar-refractivity contribution in [1.82, 2.24) is 0 Å². The Hall–Kier alpha value is -3.76. The van der Waals surface area contributed by atoms with Crippen molar-refractivity contribution in [2.24, 2.45) is 17.3 Å². The number of aliphatic hydroxyl groups is 1. The molecule has 0 amide bonds. The molecule has 1 N–H and O–H groups in total. The number of rotatable bonds is 7. The summed E-state index contributed by atoms with van der Waals surface area (Å²) in [6.45, 7) is 7.55. The van der Waals surface area contributed by atoms with E-state index in [1.807, 2.05) is 6.92 Å². The van der Waals surface area contributed by atoms with E-state index in [0.717, 1.165) is 0 Å². The second-order valence-electron chi connectivity index (χ2n) is 12.3. The summed E-state index contributed by atoms with van der Waals surface area (Å²) in [5, 5.41) is 12.0. The van der Waals surface area contributed by atoms with Crippen molar-refractivity contribution < 1.29 is 48.0 Å². The third kappa shape index (κ3) is 5.00. The lowest BCUT2D eigenvalue weighted by atomic mass is 9.47. The van der Waals surface area contributed by atoms with Crippen LogP contribution in [0.25, 0.3) is 0 Å². The van der Waals surface area contributed by atoms with E-state index in [1.165, 1.54) is 13.8 Å². The van der Waals surface area contributed by atoms with E-state index in [9.17, 15) is 24.3 Å². The van der Waals surface area contributed by atoms with Crippen LogP contribution in [0.3, 0.4) is 0 Å². The molecular formula is C33H38O10. The molecule has 2 aromatic rings. The van der Waals surface area contributed by atoms with E-state index in [1.54, 1.807) is 74.5 Å². The third-order valence-electron chi connectivity index (χ3n) is 9.37. The van der Waals surface area contributed by atoms with E-state index in [-0.39, 0.29) is 23.5 Å². The number of hydrogen-bond acceptors (Lipinski definition) is 10. The number of esters is 4. The predicted octanol–water partition coefficient (Wildman–Crippen LogP) is 3.89. The fourth-order valence-electron chi connectivity index (χ4n) is 7.68. The molecule has 43 heavy (non-hydrogen) atoms. The van der Waals surface area contributed by atoms with Crippen molar-refractivity contribution in [3.63, 3.8) is 0 Å². The zero-order valence-electron chi connectivity index (χ0n) is 25.0. The van der Waals surface area contributed by atoms with Crippen LogP contribution in [0.5, 0.6) is 0 Å². The fourth-order valence-corrected chi connectivity index (χ4v) is 7.68. The number of benzene rings is 2. The van der Waals surface area contributed by atoms with E-state index in [0.29, 0.717) is 6.42 Å². The SMILES string of the molecule is CC(=O)OC[C@]12[C@H](OC(=O)c3ccccc3)[C@H](OC(=O)c3ccccc3)[C@@H]3[C@@H](OC(C)=O)[C@]1(OC3(C)C)[C@H](C)CC[C@@H]2O. The zero-order valence-corrected chi connectivity index (χ0v) is 25.0. The molecule has 10 nitrogen and oxygen atoms in total. The van der Waals surface area contributed by atoms with E-state index in [2.05, 4.69) is 0 Å². The molecule has 1 aliphatic heterocycles. The van der Waals surface area contributed by atoms with Gasteiger partial charge in [-0.2, -0.15) is 0 Å². The zero-order chi connectivity index (χ0) is 31.2. The number of carbonyl (C=O) groups is 4. The molecule has 2 bridgehead atoms. The van der Waals surface area contributed by atoms with Crippen LogP contribution in [0.15, 0.2) is 60.7 Å². The van der Waals surface area contributed by atoms with Gasteiger partial charge in [-0.3, -0.25) is 9.59 Å². The van der Waals surface area contributed by atoms with Gasteiger partial charge in [0.25, 0.3) is 0 Å². The molecule has 0 radical (unpaired) electrons. The highest BCUT2D eigenvalue weighted by atomic mass is 16.6. The van der Waals surface area contributed by atoms with Gasteiger partial charge >= 0.3 is 23.9 Å². The summed E-state index contributed by atoms with van der Waals surface area (Å²) in [6, 6.07) is 16.6. The topological polar surface area (TPSA) is 135 Å². The Morgan fingerprint density at radius 1 is 0.814 bits per heavy atom. The first-order valence-corrected chi connectivity index (χ1v) is 14.6. The van der Waals surface area contributed by atoms with Crippen LogP contribution in [-0.2, 0) is 33.3 Å². The predicted molar refractivity (Wildman–Crippen MR) is 152 cm³/mol. The Bertz CT molecular complexity index is 1370. The summed E-state index contributed by atoms with van der Waals surface area (Å²) >= 11 is 0. The average molecular weight is 595 g/mol. The Labute approximate surface area is 250 Å². The maximum absolute atomic E-state index is 13.7. The molecule has 2 saturated carbocycles. The van der Waals surface area contributed by atoms with Crippen LogP contribution < -0.4 is 0 Å². The van der Waals surface area contributed by atoms with Crippen LogP contribution in [0.1, 0.15) is 68.2 Å². The second-order valence-corrected chi connectivity index (χ2v) is 12.3. The summed E-state index contributed by atoms with van der Waals surface area (Å²) in [7, 11) is 0. The number of aliphatic hydroxyl groups excluding tert-OH is 1. The second kappa shape index (κ2) is 11.4. The monoisotopic (exact) mass is 594 g/mol. The maximum atomic E-state index is 13.7. The standard InChI is InChI=1S/C33H38O10/c1-19-16-17-24(36)32(18-39-20(2)34)28(42-30(38)23-14-10-7-11-15-23)26(41-29(37)22-12-8-6-9-13-22)25-27(40-21(3)35)33(19,32)43-31(25,4)5/h6-15,19,24-28,36H,16-18H2,1-5H3/t19-,24+,25-,26-,27-,28-,32+,33-/m1/s1. The van der Waals surface area contributed by atoms with E-state index in [4.69, 9.17) is 23.7 Å². The third-order valence-corrected chi connectivity index (χ3v) is 9.37. The number of hydrogen-bond donors (Lipinski definition) is 1. The largest absolute Gasteiger partial charge is 0.465 e. The summed E-state index contributed by atoms with van der Waals surface area (Å²) in [5.74, 6) is -3.84. The molecule has 3 aliphatic rings. The number of carbonyl (C=O) groups excluding carboxylic acids is 4. The van der Waals surface area contributed by atoms with Crippen molar-refractivity contribution in [3.05, 3.63) is 71.8 Å². The molecule has 230 valence electrons. The maximum Gasteiger partial charge on any atom is 0.338 e. The van der Waals surface area contributed by atoms with Crippen molar-refractivity contribution >= 4 is 23.9 Å². The molecule has 1 saturated heterocycles. The number of fused-ring (bicyclic) bond motifs is 1. The summed E-state index contributed by atoms with van der Waals surface area (Å²) < 4.78 is 31.1. The molecule has 1 spiro atoms. The van der Waals surface area contributed by atoms with Gasteiger partial charge in [0, 0.05) is 13.8 Å². The summed E-state index contributed by atoms with van der Waals surface area (Å²) in [6.07, 6.45) is -4.21. The molecule has 2 aromatic carbocycles. The molecule has 3 fully saturated rings. The summed E-state index contributed by atoms with van der Waals surface area (Å²) in [5.41, 5.74) is -3.79. The van der Waals surface area contributed by atoms with Gasteiger partial charge in [-0.1, -0.05) is 43.3 Å². The van der Waals surface area contributed by atoms with Gasteiger partial charge in [-0.15, -0.1) is 0 Å². The van der Waals surface area contributed by atoms with Crippen molar-refractivity contribution in [3.8, 4) is 0 Å². The Morgan fingerprint density at radius 3 is 1.91 bits per heavy atom. The molecule has 0 unspecified atom stereocenters. The van der Waals surface area contributed by atoms with Crippen LogP contribution in [0.4, 0.5) is 0 Å². The van der Waals surface area contributed by atoms with Gasteiger partial charge in [0.1, 0.15) is 29.8 Å². The molecule has 8 atom stereocenters. The first kappa shape index (κ1) is 30.7. The van der Waals surface area contributed by atoms with Gasteiger partial charge in [0.15, 0.2) is 6.10 Å². The summed E-state index contributed by atoms with van der Waals surface area (Å²) in [4.78, 5) is 52.3. The Balaban J connectivity index is 1.76. The quantitative estimate of drug-likeness (QED) is 0.372. The lowest BCUT2D eigenvalue weighted by Crippen LogP contribution is -2.78. The minimum atomic E-state index is -1.69. The van der Waals surface area contributed by atoms with Crippen molar-refractivity contribution in [1.29, 1.82) is 0 Å². The normalized spacial score (nSPS) is 33.9. The molecule has 10 heteroatoms. The van der Waals surface area contributed by atoms with Gasteiger partial charge in [0.2, 0.25) is 0 Å². The minimum absolute atomic E-state index is 0.236. The fraction of sp³-hybridized carbons (Fsp3) is 0.515. The highest BCUT2D eigenvalue weighted by Crippen LogP contribution is 2.68. The first-order valence-electron chi connectivity index (χ1n) is 14.6. The number of ether oxygens (including phenoxy) is 5. The van der Waals surface area contributed by atoms with Gasteiger partial charge in [0.05, 0.1) is 28.7 Å². The van der Waals surface area contributed by atoms with Crippen LogP contribution >= 0.6 is 0 Å². The van der Waals surface area contributed by atoms with Crippen molar-refractivity contribution in [2.75, 3.05) is 6.61 Å². The van der Waals surface area contributed by atoms with Gasteiger partial charge < -0.3 is 28.8 Å². The highest BCUT2D eigenvalue weighted by molar-refractivity contribution is 5.90. The van der Waals surface area contributed by atoms with Gasteiger partial charge in [-0.05, 0) is 56.9 Å². The molecule has 0 aromatic heterocycles.